The molecular weight excluding hydrogens is 380 g/mol. The number of rotatable bonds is 0. The molecule has 136 valence electrons. The summed E-state index contributed by atoms with van der Waals surface area (Å²) in [6, 6.07) is 9.73. The van der Waals surface area contributed by atoms with Gasteiger partial charge in [0.15, 0.2) is 0 Å². The summed E-state index contributed by atoms with van der Waals surface area (Å²) in [7, 11) is 0. The number of hydrogen-bond donors (Lipinski definition) is 0. The van der Waals surface area contributed by atoms with Crippen molar-refractivity contribution in [2.24, 2.45) is 4.99 Å². The molecular formula is C20H16ClN4OS-. The van der Waals surface area contributed by atoms with Crippen LogP contribution >= 0.6 is 11.6 Å². The fourth-order valence-electron chi connectivity index (χ4n) is 3.57. The molecule has 3 heterocycles. The third kappa shape index (κ3) is 3.48. The van der Waals surface area contributed by atoms with Crippen LogP contribution in [-0.2, 0) is 19.2 Å². The van der Waals surface area contributed by atoms with Gasteiger partial charge >= 0.3 is 0 Å². The molecule has 2 aliphatic rings. The van der Waals surface area contributed by atoms with Crippen molar-refractivity contribution in [1.29, 1.82) is 5.26 Å². The normalized spacial score (nSPS) is 16.7. The van der Waals surface area contributed by atoms with Gasteiger partial charge in [0.1, 0.15) is 12.4 Å². The number of fused-ring (bicyclic) bond motifs is 2. The van der Waals surface area contributed by atoms with E-state index in [9.17, 15) is 0 Å². The highest BCUT2D eigenvalue weighted by Crippen LogP contribution is 2.41. The monoisotopic (exact) mass is 395 g/mol. The van der Waals surface area contributed by atoms with E-state index >= 15 is 0 Å². The van der Waals surface area contributed by atoms with Crippen LogP contribution < -0.4 is 4.74 Å². The number of nitriles is 1. The molecule has 1 saturated heterocycles. The Bertz CT molecular complexity index is 986. The molecule has 1 aromatic heterocycles. The van der Waals surface area contributed by atoms with Gasteiger partial charge in [-0.15, -0.1) is 0 Å². The van der Waals surface area contributed by atoms with Gasteiger partial charge in [-0.2, -0.15) is 10.3 Å². The zero-order chi connectivity index (χ0) is 18.8. The van der Waals surface area contributed by atoms with Gasteiger partial charge < -0.3 is 22.3 Å². The van der Waals surface area contributed by atoms with Crippen LogP contribution in [0.5, 0.6) is 5.75 Å². The molecule has 27 heavy (non-hydrogen) atoms. The van der Waals surface area contributed by atoms with Crippen LogP contribution in [0.25, 0.3) is 5.57 Å². The predicted octanol–water partition coefficient (Wildman–Crippen LogP) is 3.91. The maximum absolute atomic E-state index is 8.72. The highest BCUT2D eigenvalue weighted by atomic mass is 35.5. The maximum Gasteiger partial charge on any atom is 0.205 e. The number of likely N-dealkylation sites (tertiary alicyclic amines) is 1. The molecule has 0 saturated carbocycles. The zero-order valence-electron chi connectivity index (χ0n) is 14.5. The number of aliphatic imine (C=N–C) groups is 1. The van der Waals surface area contributed by atoms with Gasteiger partial charge in [0.25, 0.3) is 0 Å². The largest absolute Gasteiger partial charge is 0.742 e. The summed E-state index contributed by atoms with van der Waals surface area (Å²) in [6.07, 6.45) is 5.24. The van der Waals surface area contributed by atoms with E-state index in [1.807, 2.05) is 41.4 Å². The minimum atomic E-state index is 0.358. The number of benzene rings is 1. The summed E-state index contributed by atoms with van der Waals surface area (Å²) >= 11 is 11.4. The Balaban J connectivity index is 1.79. The number of piperidine rings is 1. The number of pyridine rings is 1. The van der Waals surface area contributed by atoms with Crippen LogP contribution in [0.1, 0.15) is 29.7 Å². The molecule has 0 atom stereocenters. The highest BCUT2D eigenvalue weighted by Gasteiger charge is 2.25. The predicted molar refractivity (Wildman–Crippen MR) is 107 cm³/mol. The Morgan fingerprint density at radius 2 is 2.11 bits per heavy atom. The smallest absolute Gasteiger partial charge is 0.205 e. The van der Waals surface area contributed by atoms with Crippen molar-refractivity contribution in [2.45, 2.75) is 19.4 Å². The van der Waals surface area contributed by atoms with Gasteiger partial charge in [-0.3, -0.25) is 4.98 Å². The first kappa shape index (κ1) is 17.8. The average molecular weight is 396 g/mol. The van der Waals surface area contributed by atoms with Gasteiger partial charge in [0.05, 0.1) is 5.69 Å². The molecule has 0 N–H and O–H groups in total. The van der Waals surface area contributed by atoms with Gasteiger partial charge in [-0.1, -0.05) is 23.2 Å². The Morgan fingerprint density at radius 1 is 1.30 bits per heavy atom. The molecule has 0 amide bonds. The minimum Gasteiger partial charge on any atom is -0.742 e. The maximum atomic E-state index is 8.72. The second kappa shape index (κ2) is 7.55. The van der Waals surface area contributed by atoms with Gasteiger partial charge in [0, 0.05) is 41.0 Å². The number of amidine groups is 1. The van der Waals surface area contributed by atoms with Crippen molar-refractivity contribution in [2.75, 3.05) is 13.1 Å². The lowest BCUT2D eigenvalue weighted by molar-refractivity contribution is 0.307. The Morgan fingerprint density at radius 3 is 2.89 bits per heavy atom. The number of hydrogen-bond acceptors (Lipinski definition) is 5. The van der Waals surface area contributed by atoms with Crippen LogP contribution in [0.2, 0.25) is 5.02 Å². The molecule has 1 aromatic carbocycles. The molecule has 7 heteroatoms. The molecule has 2 aliphatic heterocycles. The third-order valence-corrected chi connectivity index (χ3v) is 5.45. The first-order chi connectivity index (χ1) is 13.2. The molecule has 2 aromatic rings. The van der Waals surface area contributed by atoms with E-state index in [0.717, 1.165) is 54.1 Å². The lowest BCUT2D eigenvalue weighted by atomic mass is 9.89. The quantitative estimate of drug-likeness (QED) is 0.293. The van der Waals surface area contributed by atoms with Gasteiger partial charge in [-0.25, -0.2) is 0 Å². The molecule has 5 nitrogen and oxygen atoms in total. The number of ether oxygens (including phenoxy) is 1. The molecule has 0 spiro atoms. The van der Waals surface area contributed by atoms with Crippen molar-refractivity contribution in [3.8, 4) is 11.9 Å². The molecule has 0 bridgehead atoms. The number of nitrogens with zero attached hydrogens (tertiary/aromatic N) is 4. The van der Waals surface area contributed by atoms with Crippen LogP contribution in [0.15, 0.2) is 47.1 Å². The standard InChI is InChI=1S/C20H17ClN4OS/c21-15-3-4-16-17(10-15)26-11-14-2-1-7-23-19(14)18(16)13-5-8-25(9-6-13)20(27)24-12-22/h1-4,7,10H,5-6,8-9,11H2,(H,24,27)/p-1. The second-order valence-electron chi connectivity index (χ2n) is 6.40. The van der Waals surface area contributed by atoms with Crippen LogP contribution in [0.4, 0.5) is 0 Å². The van der Waals surface area contributed by atoms with E-state index in [2.05, 4.69) is 9.98 Å². The SMILES string of the molecule is N#CN=C([S-])N1CCC(=C2c3ccc(Cl)cc3OCc3cccnc32)CC1. The second-order valence-corrected chi connectivity index (χ2v) is 7.20. The van der Waals surface area contributed by atoms with Gasteiger partial charge in [0.2, 0.25) is 6.19 Å². The summed E-state index contributed by atoms with van der Waals surface area (Å²) in [4.78, 5) is 10.3. The average Bonchev–Trinajstić information content (AvgIpc) is 2.85. The van der Waals surface area contributed by atoms with E-state index in [-0.39, 0.29) is 0 Å². The van der Waals surface area contributed by atoms with Crippen molar-refractivity contribution in [3.05, 3.63) is 63.9 Å². The minimum absolute atomic E-state index is 0.358. The molecule has 0 aliphatic carbocycles. The summed E-state index contributed by atoms with van der Waals surface area (Å²) in [5, 5.41) is 9.73. The molecule has 1 fully saturated rings. The summed E-state index contributed by atoms with van der Waals surface area (Å²) in [6.45, 7) is 1.92. The fourth-order valence-corrected chi connectivity index (χ4v) is 3.96. The summed E-state index contributed by atoms with van der Waals surface area (Å²) < 4.78 is 6.03. The zero-order valence-corrected chi connectivity index (χ0v) is 16.1. The Labute approximate surface area is 168 Å². The van der Waals surface area contributed by atoms with Crippen molar-refractivity contribution < 1.29 is 4.74 Å². The van der Waals surface area contributed by atoms with Crippen LogP contribution in [0, 0.1) is 11.5 Å². The number of aromatic nitrogens is 1. The van der Waals surface area contributed by atoms with Crippen LogP contribution in [-0.4, -0.2) is 28.1 Å². The van der Waals surface area contributed by atoms with Crippen molar-refractivity contribution in [1.82, 2.24) is 9.88 Å². The van der Waals surface area contributed by atoms with Gasteiger partial charge in [-0.05, 0) is 42.3 Å². The Kier molecular flexibility index (Phi) is 4.97. The summed E-state index contributed by atoms with van der Waals surface area (Å²) in [5.41, 5.74) is 5.47. The molecule has 4 rings (SSSR count). The first-order valence-corrected chi connectivity index (χ1v) is 9.43. The first-order valence-electron chi connectivity index (χ1n) is 8.65. The van der Waals surface area contributed by atoms with Crippen LogP contribution in [0.3, 0.4) is 0 Å². The lowest BCUT2D eigenvalue weighted by Crippen LogP contribution is -2.35. The topological polar surface area (TPSA) is 61.5 Å². The van der Waals surface area contributed by atoms with E-state index in [1.165, 1.54) is 5.57 Å². The van der Waals surface area contributed by atoms with E-state index in [1.54, 1.807) is 6.19 Å². The van der Waals surface area contributed by atoms with E-state index in [4.69, 9.17) is 34.2 Å². The van der Waals surface area contributed by atoms with E-state index in [0.29, 0.717) is 16.8 Å². The fraction of sp³-hybridized carbons (Fsp3) is 0.250. The lowest BCUT2D eigenvalue weighted by Gasteiger charge is -2.35. The van der Waals surface area contributed by atoms with Crippen molar-refractivity contribution in [3.63, 3.8) is 0 Å². The highest BCUT2D eigenvalue weighted by molar-refractivity contribution is 7.77. The third-order valence-electron chi connectivity index (χ3n) is 4.86. The number of halogens is 1. The molecule has 0 unspecified atom stereocenters. The summed E-state index contributed by atoms with van der Waals surface area (Å²) in [5.74, 6) is 0.778. The molecule has 0 radical (unpaired) electrons. The van der Waals surface area contributed by atoms with E-state index < -0.39 is 0 Å². The Hall–Kier alpha value is -2.62. The van der Waals surface area contributed by atoms with Crippen molar-refractivity contribution >= 4 is 35.0 Å².